The minimum absolute atomic E-state index is 0.145. The fourth-order valence-electron chi connectivity index (χ4n) is 3.02. The molecule has 7 nitrogen and oxygen atoms in total. The van der Waals surface area contributed by atoms with Gasteiger partial charge in [0.1, 0.15) is 23.1 Å². The maximum absolute atomic E-state index is 12.7. The molecule has 8 heteroatoms. The van der Waals surface area contributed by atoms with E-state index in [1.807, 2.05) is 66.3 Å². The first-order chi connectivity index (χ1) is 14.1. The van der Waals surface area contributed by atoms with Crippen molar-refractivity contribution in [3.05, 3.63) is 72.3 Å². The molecular weight excluding hydrogens is 388 g/mol. The molecule has 2 aromatic heterocycles. The second-order valence-corrected chi connectivity index (χ2v) is 7.34. The van der Waals surface area contributed by atoms with Gasteiger partial charge in [-0.2, -0.15) is 0 Å². The van der Waals surface area contributed by atoms with E-state index in [2.05, 4.69) is 15.3 Å². The van der Waals surface area contributed by atoms with Gasteiger partial charge in [-0.15, -0.1) is 0 Å². The summed E-state index contributed by atoms with van der Waals surface area (Å²) in [4.78, 5) is 21.5. The molecule has 4 aromatic rings. The average molecular weight is 408 g/mol. The van der Waals surface area contributed by atoms with Crippen molar-refractivity contribution in [1.29, 1.82) is 0 Å². The second-order valence-electron chi connectivity index (χ2n) is 6.41. The molecule has 148 valence electrons. The van der Waals surface area contributed by atoms with Crippen LogP contribution in [0, 0.1) is 0 Å². The number of carbonyl (C=O) groups excluding carboxylic acids is 1. The summed E-state index contributed by atoms with van der Waals surface area (Å²) >= 11 is 1.26. The average Bonchev–Trinajstić information content (AvgIpc) is 3.36. The number of imidazole rings is 1. The summed E-state index contributed by atoms with van der Waals surface area (Å²) in [7, 11) is 3.51. The Hall–Kier alpha value is -3.26. The highest BCUT2D eigenvalue weighted by Crippen LogP contribution is 2.26. The number of nitrogens with zero attached hydrogens (tertiary/aromatic N) is 3. The van der Waals surface area contributed by atoms with Crippen LogP contribution in [-0.2, 0) is 11.8 Å². The first-order valence-corrected chi connectivity index (χ1v) is 10.0. The van der Waals surface area contributed by atoms with Gasteiger partial charge in [-0.1, -0.05) is 36.0 Å². The van der Waals surface area contributed by atoms with Gasteiger partial charge in [0.2, 0.25) is 5.91 Å². The number of hydrogen-bond donors (Lipinski definition) is 1. The Morgan fingerprint density at radius 1 is 1.28 bits per heavy atom. The van der Waals surface area contributed by atoms with Crippen LogP contribution in [0.25, 0.3) is 11.1 Å². The van der Waals surface area contributed by atoms with Crippen molar-refractivity contribution in [3.8, 4) is 5.75 Å². The number of carbonyl (C=O) groups is 1. The number of rotatable bonds is 7. The Balaban J connectivity index is 1.50. The van der Waals surface area contributed by atoms with Crippen LogP contribution < -0.4 is 10.1 Å². The number of methoxy groups -OCH3 is 1. The normalized spacial score (nSPS) is 12.1. The summed E-state index contributed by atoms with van der Waals surface area (Å²) in [6.45, 7) is 0. The number of aromatic nitrogens is 3. The molecule has 1 N–H and O–H groups in total. The molecule has 2 aromatic carbocycles. The summed E-state index contributed by atoms with van der Waals surface area (Å²) in [5.41, 5.74) is 2.37. The molecule has 0 aliphatic rings. The van der Waals surface area contributed by atoms with E-state index in [-0.39, 0.29) is 11.7 Å². The first kappa shape index (κ1) is 19.1. The van der Waals surface area contributed by atoms with Crippen molar-refractivity contribution in [3.63, 3.8) is 0 Å². The van der Waals surface area contributed by atoms with Gasteiger partial charge in [0.15, 0.2) is 5.58 Å². The fraction of sp³-hybridized carbons (Fsp3) is 0.190. The lowest BCUT2D eigenvalue weighted by atomic mass is 10.1. The fourth-order valence-corrected chi connectivity index (χ4v) is 3.67. The van der Waals surface area contributed by atoms with Gasteiger partial charge in [0.05, 0.1) is 12.9 Å². The molecule has 4 rings (SSSR count). The summed E-state index contributed by atoms with van der Waals surface area (Å²) in [5.74, 6) is 1.49. The zero-order chi connectivity index (χ0) is 20.2. The Labute approximate surface area is 172 Å². The molecule has 0 aliphatic heterocycles. The lowest BCUT2D eigenvalue weighted by Gasteiger charge is -2.19. The van der Waals surface area contributed by atoms with Gasteiger partial charge in [0, 0.05) is 19.4 Å². The number of nitrogens with one attached hydrogen (secondary N) is 1. The van der Waals surface area contributed by atoms with Crippen LogP contribution in [0.2, 0.25) is 0 Å². The highest BCUT2D eigenvalue weighted by Gasteiger charge is 2.21. The van der Waals surface area contributed by atoms with E-state index < -0.39 is 6.04 Å². The maximum Gasteiger partial charge on any atom is 0.257 e. The zero-order valence-corrected chi connectivity index (χ0v) is 16.8. The summed E-state index contributed by atoms with van der Waals surface area (Å²) < 4.78 is 12.9. The van der Waals surface area contributed by atoms with E-state index in [1.54, 1.807) is 13.3 Å². The number of aryl methyl sites for hydroxylation is 1. The largest absolute Gasteiger partial charge is 0.497 e. The van der Waals surface area contributed by atoms with Crippen molar-refractivity contribution in [2.45, 2.75) is 11.3 Å². The van der Waals surface area contributed by atoms with Gasteiger partial charge >= 0.3 is 0 Å². The van der Waals surface area contributed by atoms with E-state index in [0.717, 1.165) is 22.7 Å². The molecule has 2 heterocycles. The molecule has 29 heavy (non-hydrogen) atoms. The standard InChI is InChI=1S/C21H20N4O3S/c1-25-11-10-22-20(25)19(14-6-5-7-15(12-14)27-2)24-18(26)13-29-21-23-16-8-3-4-9-17(16)28-21/h3-12,19H,13H2,1-2H3,(H,24,26). The molecule has 0 spiro atoms. The van der Waals surface area contributed by atoms with Crippen LogP contribution in [0.3, 0.4) is 0 Å². The van der Waals surface area contributed by atoms with Crippen molar-refractivity contribution >= 4 is 28.8 Å². The van der Waals surface area contributed by atoms with Crippen molar-refractivity contribution in [2.24, 2.45) is 7.05 Å². The van der Waals surface area contributed by atoms with Crippen LogP contribution in [0.5, 0.6) is 5.75 Å². The number of oxazole rings is 1. The molecule has 0 fully saturated rings. The van der Waals surface area contributed by atoms with E-state index >= 15 is 0 Å². The SMILES string of the molecule is COc1cccc(C(NC(=O)CSc2nc3ccccc3o2)c2nccn2C)c1. The molecule has 1 amide bonds. The van der Waals surface area contributed by atoms with Crippen LogP contribution in [0.15, 0.2) is 70.6 Å². The highest BCUT2D eigenvalue weighted by molar-refractivity contribution is 7.99. The smallest absolute Gasteiger partial charge is 0.257 e. The molecule has 0 bridgehead atoms. The van der Waals surface area contributed by atoms with Gasteiger partial charge in [-0.3, -0.25) is 4.79 Å². The molecule has 0 saturated heterocycles. The molecule has 0 radical (unpaired) electrons. The quantitative estimate of drug-likeness (QED) is 0.471. The zero-order valence-electron chi connectivity index (χ0n) is 16.0. The predicted octanol–water partition coefficient (Wildman–Crippen LogP) is 3.57. The van der Waals surface area contributed by atoms with Crippen molar-refractivity contribution in [2.75, 3.05) is 12.9 Å². The Kier molecular flexibility index (Phi) is 5.53. The predicted molar refractivity (Wildman–Crippen MR) is 111 cm³/mol. The second kappa shape index (κ2) is 8.40. The van der Waals surface area contributed by atoms with Gasteiger partial charge < -0.3 is 19.0 Å². The number of benzene rings is 2. The number of fused-ring (bicyclic) bond motifs is 1. The number of para-hydroxylation sites is 2. The number of amides is 1. The molecule has 0 aliphatic carbocycles. The van der Waals surface area contributed by atoms with Crippen molar-refractivity contribution < 1.29 is 13.9 Å². The third kappa shape index (κ3) is 4.27. The van der Waals surface area contributed by atoms with Crippen molar-refractivity contribution in [1.82, 2.24) is 19.9 Å². The monoisotopic (exact) mass is 408 g/mol. The van der Waals surface area contributed by atoms with Crippen LogP contribution in [0.1, 0.15) is 17.4 Å². The van der Waals surface area contributed by atoms with E-state index in [4.69, 9.17) is 9.15 Å². The number of hydrogen-bond acceptors (Lipinski definition) is 6. The van der Waals surface area contributed by atoms with Gasteiger partial charge in [-0.25, -0.2) is 9.97 Å². The molecule has 1 atom stereocenters. The van der Waals surface area contributed by atoms with E-state index in [1.165, 1.54) is 11.8 Å². The lowest BCUT2D eigenvalue weighted by molar-refractivity contribution is -0.119. The third-order valence-electron chi connectivity index (χ3n) is 4.45. The van der Waals surface area contributed by atoms with E-state index in [9.17, 15) is 4.79 Å². The number of ether oxygens (including phenoxy) is 1. The topological polar surface area (TPSA) is 82.2 Å². The van der Waals surface area contributed by atoms with Gasteiger partial charge in [0.25, 0.3) is 5.22 Å². The van der Waals surface area contributed by atoms with E-state index in [0.29, 0.717) is 10.8 Å². The van der Waals surface area contributed by atoms with Crippen LogP contribution >= 0.6 is 11.8 Å². The summed E-state index contributed by atoms with van der Waals surface area (Å²) in [6, 6.07) is 14.7. The Morgan fingerprint density at radius 3 is 2.90 bits per heavy atom. The molecule has 0 saturated carbocycles. The first-order valence-electron chi connectivity index (χ1n) is 9.03. The highest BCUT2D eigenvalue weighted by atomic mass is 32.2. The maximum atomic E-state index is 12.7. The lowest BCUT2D eigenvalue weighted by Crippen LogP contribution is -2.32. The van der Waals surface area contributed by atoms with Crippen LogP contribution in [0.4, 0.5) is 0 Å². The third-order valence-corrected chi connectivity index (χ3v) is 5.28. The van der Waals surface area contributed by atoms with Gasteiger partial charge in [-0.05, 0) is 29.8 Å². The van der Waals surface area contributed by atoms with Crippen LogP contribution in [-0.4, -0.2) is 33.3 Å². The Morgan fingerprint density at radius 2 is 2.14 bits per heavy atom. The molecular formula is C21H20N4O3S. The number of thioether (sulfide) groups is 1. The Bertz CT molecular complexity index is 1100. The minimum Gasteiger partial charge on any atom is -0.497 e. The summed E-state index contributed by atoms with van der Waals surface area (Å²) in [5, 5.41) is 3.53. The summed E-state index contributed by atoms with van der Waals surface area (Å²) in [6.07, 6.45) is 3.56. The molecule has 1 unspecified atom stereocenters. The minimum atomic E-state index is -0.401.